The van der Waals surface area contributed by atoms with Crippen LogP contribution < -0.4 is 5.32 Å². The minimum Gasteiger partial charge on any atom is -0.356 e. The number of rotatable bonds is 3. The Morgan fingerprint density at radius 2 is 2.38 bits per heavy atom. The summed E-state index contributed by atoms with van der Waals surface area (Å²) in [6.07, 6.45) is 2.61. The van der Waals surface area contributed by atoms with E-state index >= 15 is 0 Å². The lowest BCUT2D eigenvalue weighted by Gasteiger charge is -2.07. The number of aryl methyl sites for hydroxylation is 2. The molecule has 2 rings (SSSR count). The fourth-order valence-corrected chi connectivity index (χ4v) is 2.89. The number of carbonyl (C=O) groups excluding carboxylic acids is 1. The summed E-state index contributed by atoms with van der Waals surface area (Å²) in [5.74, 6) is 0.280. The van der Waals surface area contributed by atoms with Gasteiger partial charge in [0.1, 0.15) is 0 Å². The fraction of sp³-hybridized carbons (Fsp3) is 0.636. The van der Waals surface area contributed by atoms with E-state index in [4.69, 9.17) is 0 Å². The first kappa shape index (κ1) is 11.6. The molecule has 88 valence electrons. The highest BCUT2D eigenvalue weighted by Crippen LogP contribution is 2.26. The molecule has 16 heavy (non-hydrogen) atoms. The van der Waals surface area contributed by atoms with Crippen molar-refractivity contribution in [1.82, 2.24) is 15.1 Å². The first-order chi connectivity index (χ1) is 7.63. The molecule has 1 aromatic rings. The fourth-order valence-electron chi connectivity index (χ4n) is 2.11. The van der Waals surface area contributed by atoms with Gasteiger partial charge in [-0.1, -0.05) is 6.92 Å². The summed E-state index contributed by atoms with van der Waals surface area (Å²) in [7, 11) is 1.94. The highest BCUT2D eigenvalue weighted by atomic mass is 79.9. The maximum Gasteiger partial charge on any atom is 0.223 e. The predicted molar refractivity (Wildman–Crippen MR) is 65.1 cm³/mol. The standard InChI is InChI=1S/C11H16BrN3O/c1-3-8-10(12)9(15(2)14-8)6-7-4-5-13-11(7)16/h7H,3-6H2,1-2H3,(H,13,16). The van der Waals surface area contributed by atoms with Crippen LogP contribution in [0.3, 0.4) is 0 Å². The number of hydrogen-bond acceptors (Lipinski definition) is 2. The minimum absolute atomic E-state index is 0.108. The molecule has 1 aliphatic rings. The SMILES string of the molecule is CCc1nn(C)c(CC2CCNC2=O)c1Br. The molecule has 0 aliphatic carbocycles. The molecule has 1 aliphatic heterocycles. The van der Waals surface area contributed by atoms with Gasteiger partial charge in [-0.25, -0.2) is 0 Å². The molecular weight excluding hydrogens is 270 g/mol. The van der Waals surface area contributed by atoms with Crippen LogP contribution in [-0.2, 0) is 24.7 Å². The summed E-state index contributed by atoms with van der Waals surface area (Å²) >= 11 is 3.57. The number of halogens is 1. The number of nitrogens with one attached hydrogen (secondary N) is 1. The Morgan fingerprint density at radius 3 is 2.88 bits per heavy atom. The van der Waals surface area contributed by atoms with E-state index in [0.717, 1.165) is 41.7 Å². The Morgan fingerprint density at radius 1 is 1.62 bits per heavy atom. The van der Waals surface area contributed by atoms with Crippen LogP contribution >= 0.6 is 15.9 Å². The van der Waals surface area contributed by atoms with E-state index in [1.165, 1.54) is 0 Å². The van der Waals surface area contributed by atoms with Gasteiger partial charge in [0.25, 0.3) is 0 Å². The highest BCUT2D eigenvalue weighted by Gasteiger charge is 2.26. The molecule has 0 bridgehead atoms. The van der Waals surface area contributed by atoms with E-state index in [1.54, 1.807) is 0 Å². The topological polar surface area (TPSA) is 46.9 Å². The van der Waals surface area contributed by atoms with Crippen LogP contribution in [0.5, 0.6) is 0 Å². The second-order valence-corrected chi connectivity index (χ2v) is 4.96. The smallest absolute Gasteiger partial charge is 0.223 e. The number of nitrogens with zero attached hydrogens (tertiary/aromatic N) is 2. The van der Waals surface area contributed by atoms with Gasteiger partial charge in [-0.05, 0) is 28.8 Å². The van der Waals surface area contributed by atoms with E-state index < -0.39 is 0 Å². The molecule has 0 radical (unpaired) electrons. The van der Waals surface area contributed by atoms with Crippen molar-refractivity contribution in [2.45, 2.75) is 26.2 Å². The molecule has 1 aromatic heterocycles. The number of amides is 1. The van der Waals surface area contributed by atoms with Crippen molar-refractivity contribution in [1.29, 1.82) is 0 Å². The van der Waals surface area contributed by atoms with Crippen molar-refractivity contribution in [2.24, 2.45) is 13.0 Å². The van der Waals surface area contributed by atoms with Gasteiger partial charge in [0, 0.05) is 25.9 Å². The molecule has 1 N–H and O–H groups in total. The first-order valence-corrected chi connectivity index (χ1v) is 6.40. The second-order valence-electron chi connectivity index (χ2n) is 4.17. The van der Waals surface area contributed by atoms with E-state index in [9.17, 15) is 4.79 Å². The number of carbonyl (C=O) groups is 1. The molecule has 1 atom stereocenters. The summed E-state index contributed by atoms with van der Waals surface area (Å²) in [5.41, 5.74) is 2.19. The largest absolute Gasteiger partial charge is 0.356 e. The zero-order valence-electron chi connectivity index (χ0n) is 9.59. The maximum absolute atomic E-state index is 11.5. The number of hydrogen-bond donors (Lipinski definition) is 1. The summed E-state index contributed by atoms with van der Waals surface area (Å²) < 4.78 is 2.95. The average Bonchev–Trinajstić information content (AvgIpc) is 2.77. The Hall–Kier alpha value is -0.840. The van der Waals surface area contributed by atoms with Crippen LogP contribution in [0.15, 0.2) is 4.47 Å². The van der Waals surface area contributed by atoms with Gasteiger partial charge in [-0.3, -0.25) is 9.48 Å². The monoisotopic (exact) mass is 285 g/mol. The van der Waals surface area contributed by atoms with Gasteiger partial charge in [0.2, 0.25) is 5.91 Å². The zero-order valence-corrected chi connectivity index (χ0v) is 11.2. The van der Waals surface area contributed by atoms with Crippen molar-refractivity contribution in [3.63, 3.8) is 0 Å². The molecule has 2 heterocycles. The van der Waals surface area contributed by atoms with Crippen LogP contribution in [0.25, 0.3) is 0 Å². The lowest BCUT2D eigenvalue weighted by atomic mass is 10.0. The van der Waals surface area contributed by atoms with Crippen molar-refractivity contribution in [3.8, 4) is 0 Å². The summed E-state index contributed by atoms with van der Waals surface area (Å²) in [6, 6.07) is 0. The van der Waals surface area contributed by atoms with Gasteiger partial charge in [0.05, 0.1) is 15.9 Å². The van der Waals surface area contributed by atoms with Crippen LogP contribution in [0.4, 0.5) is 0 Å². The molecule has 4 nitrogen and oxygen atoms in total. The molecular formula is C11H16BrN3O. The molecule has 1 amide bonds. The second kappa shape index (κ2) is 4.57. The molecule has 1 saturated heterocycles. The van der Waals surface area contributed by atoms with Crippen molar-refractivity contribution < 1.29 is 4.79 Å². The van der Waals surface area contributed by atoms with Crippen molar-refractivity contribution in [2.75, 3.05) is 6.54 Å². The van der Waals surface area contributed by atoms with Gasteiger partial charge in [0.15, 0.2) is 0 Å². The van der Waals surface area contributed by atoms with Crippen molar-refractivity contribution >= 4 is 21.8 Å². The third kappa shape index (κ3) is 2.00. The summed E-state index contributed by atoms with van der Waals surface area (Å²) in [5, 5.41) is 7.30. The van der Waals surface area contributed by atoms with Crippen LogP contribution in [0.2, 0.25) is 0 Å². The van der Waals surface area contributed by atoms with Crippen LogP contribution in [0.1, 0.15) is 24.7 Å². The molecule has 0 saturated carbocycles. The Balaban J connectivity index is 2.20. The van der Waals surface area contributed by atoms with Gasteiger partial charge >= 0.3 is 0 Å². The summed E-state index contributed by atoms with van der Waals surface area (Å²) in [6.45, 7) is 2.89. The first-order valence-electron chi connectivity index (χ1n) is 5.61. The molecule has 1 fully saturated rings. The van der Waals surface area contributed by atoms with Crippen LogP contribution in [0, 0.1) is 5.92 Å². The van der Waals surface area contributed by atoms with Crippen molar-refractivity contribution in [3.05, 3.63) is 15.9 Å². The Labute approximate surface area is 104 Å². The van der Waals surface area contributed by atoms with Gasteiger partial charge < -0.3 is 5.32 Å². The highest BCUT2D eigenvalue weighted by molar-refractivity contribution is 9.10. The number of aromatic nitrogens is 2. The summed E-state index contributed by atoms with van der Waals surface area (Å²) in [4.78, 5) is 11.5. The third-order valence-corrected chi connectivity index (χ3v) is 4.02. The van der Waals surface area contributed by atoms with E-state index in [1.807, 2.05) is 11.7 Å². The van der Waals surface area contributed by atoms with E-state index in [0.29, 0.717) is 0 Å². The normalized spacial score (nSPS) is 20.2. The molecule has 1 unspecified atom stereocenters. The molecule has 0 aromatic carbocycles. The van der Waals surface area contributed by atoms with Gasteiger partial charge in [-0.15, -0.1) is 0 Å². The van der Waals surface area contributed by atoms with Crippen LogP contribution in [-0.4, -0.2) is 22.2 Å². The molecule has 0 spiro atoms. The lowest BCUT2D eigenvalue weighted by molar-refractivity contribution is -0.122. The van der Waals surface area contributed by atoms with E-state index in [2.05, 4.69) is 33.3 Å². The minimum atomic E-state index is 0.108. The predicted octanol–water partition coefficient (Wildman–Crippen LogP) is 1.42. The average molecular weight is 286 g/mol. The Kier molecular flexibility index (Phi) is 3.33. The third-order valence-electron chi connectivity index (χ3n) is 3.11. The quantitative estimate of drug-likeness (QED) is 0.913. The molecule has 5 heteroatoms. The lowest BCUT2D eigenvalue weighted by Crippen LogP contribution is -2.21. The Bertz CT molecular complexity index is 414. The van der Waals surface area contributed by atoms with E-state index in [-0.39, 0.29) is 11.8 Å². The zero-order chi connectivity index (χ0) is 11.7. The van der Waals surface area contributed by atoms with Gasteiger partial charge in [-0.2, -0.15) is 5.10 Å². The maximum atomic E-state index is 11.5.